The van der Waals surface area contributed by atoms with E-state index in [2.05, 4.69) is 9.69 Å². The van der Waals surface area contributed by atoms with E-state index in [-0.39, 0.29) is 16.3 Å². The summed E-state index contributed by atoms with van der Waals surface area (Å²) >= 11 is 6.12. The molecule has 0 spiro atoms. The molecule has 0 aliphatic rings. The summed E-state index contributed by atoms with van der Waals surface area (Å²) in [6.07, 6.45) is 0. The average Bonchev–Trinajstić information content (AvgIpc) is 2.74. The summed E-state index contributed by atoms with van der Waals surface area (Å²) in [5.41, 5.74) is -0.562. The minimum absolute atomic E-state index is 0.0558. The van der Waals surface area contributed by atoms with Gasteiger partial charge in [0.2, 0.25) is 0 Å². The van der Waals surface area contributed by atoms with Crippen molar-refractivity contribution in [3.8, 4) is 0 Å². The van der Waals surface area contributed by atoms with E-state index >= 15 is 0 Å². The van der Waals surface area contributed by atoms with E-state index in [4.69, 9.17) is 16.7 Å². The lowest BCUT2D eigenvalue weighted by Gasteiger charge is -2.06. The van der Waals surface area contributed by atoms with E-state index in [9.17, 15) is 18.4 Å². The van der Waals surface area contributed by atoms with Gasteiger partial charge in [-0.2, -0.15) is 4.37 Å². The van der Waals surface area contributed by atoms with E-state index in [0.29, 0.717) is 12.1 Å². The van der Waals surface area contributed by atoms with Crippen molar-refractivity contribution in [3.05, 3.63) is 45.6 Å². The number of nitrogens with zero attached hydrogens (tertiary/aromatic N) is 1. The number of carboxylic acids is 1. The van der Waals surface area contributed by atoms with Crippen molar-refractivity contribution >= 4 is 40.0 Å². The number of rotatable bonds is 3. The van der Waals surface area contributed by atoms with Crippen molar-refractivity contribution in [3.63, 3.8) is 0 Å². The van der Waals surface area contributed by atoms with Gasteiger partial charge in [0.15, 0.2) is 0 Å². The minimum Gasteiger partial charge on any atom is -0.478 e. The van der Waals surface area contributed by atoms with Crippen LogP contribution < -0.4 is 5.32 Å². The number of nitrogens with one attached hydrogen (secondary N) is 1. The number of aryl methyl sites for hydroxylation is 1. The molecule has 0 saturated heterocycles. The Balaban J connectivity index is 2.35. The van der Waals surface area contributed by atoms with Crippen molar-refractivity contribution in [2.75, 3.05) is 5.32 Å². The molecule has 0 aliphatic heterocycles. The third-order valence-corrected chi connectivity index (χ3v) is 3.70. The molecule has 0 bridgehead atoms. The number of carbonyl (C=O) groups is 2. The Morgan fingerprint density at radius 1 is 1.33 bits per heavy atom. The first-order chi connectivity index (χ1) is 9.81. The molecule has 0 fully saturated rings. The average molecular weight is 333 g/mol. The van der Waals surface area contributed by atoms with Gasteiger partial charge in [0.25, 0.3) is 5.91 Å². The van der Waals surface area contributed by atoms with Crippen molar-refractivity contribution < 1.29 is 23.5 Å². The smallest absolute Gasteiger partial charge is 0.340 e. The van der Waals surface area contributed by atoms with E-state index in [1.165, 1.54) is 6.92 Å². The van der Waals surface area contributed by atoms with Crippen LogP contribution in [0.5, 0.6) is 0 Å². The standard InChI is InChI=1S/C12H7ClF2N2O3S/c1-4-9(12(19)20)11(21-17-4)16-10(18)5-2-8(15)6(13)3-7(5)14/h2-3H,1H3,(H,16,18)(H,19,20). The normalized spacial score (nSPS) is 10.5. The molecule has 2 rings (SSSR count). The number of halogens is 3. The maximum atomic E-state index is 13.6. The van der Waals surface area contributed by atoms with Gasteiger partial charge in [-0.25, -0.2) is 13.6 Å². The summed E-state index contributed by atoms with van der Waals surface area (Å²) in [5.74, 6) is -4.24. The molecule has 0 radical (unpaired) electrons. The van der Waals surface area contributed by atoms with Crippen LogP contribution in [0.4, 0.5) is 13.8 Å². The second-order valence-corrected chi connectivity index (χ2v) is 5.16. The van der Waals surface area contributed by atoms with Gasteiger partial charge in [-0.05, 0) is 30.6 Å². The number of aromatic nitrogens is 1. The molecular weight excluding hydrogens is 326 g/mol. The predicted octanol–water partition coefficient (Wildman–Crippen LogP) is 3.33. The second-order valence-electron chi connectivity index (χ2n) is 3.98. The van der Waals surface area contributed by atoms with Crippen molar-refractivity contribution in [1.82, 2.24) is 4.37 Å². The molecule has 2 aromatic rings. The van der Waals surface area contributed by atoms with Crippen LogP contribution in [0.3, 0.4) is 0 Å². The molecule has 0 saturated carbocycles. The van der Waals surface area contributed by atoms with Gasteiger partial charge < -0.3 is 10.4 Å². The van der Waals surface area contributed by atoms with E-state index in [1.54, 1.807) is 0 Å². The lowest BCUT2D eigenvalue weighted by Crippen LogP contribution is -2.15. The molecule has 1 heterocycles. The predicted molar refractivity (Wildman–Crippen MR) is 73.1 cm³/mol. The third-order valence-electron chi connectivity index (χ3n) is 2.56. The molecule has 110 valence electrons. The maximum Gasteiger partial charge on any atom is 0.340 e. The fourth-order valence-electron chi connectivity index (χ4n) is 1.57. The van der Waals surface area contributed by atoms with Gasteiger partial charge in [-0.15, -0.1) is 0 Å². The Bertz CT molecular complexity index is 748. The van der Waals surface area contributed by atoms with Crippen LogP contribution in [-0.4, -0.2) is 21.4 Å². The molecule has 0 aliphatic carbocycles. The molecular formula is C12H7ClF2N2O3S. The highest BCUT2D eigenvalue weighted by Gasteiger charge is 2.22. The summed E-state index contributed by atoms with van der Waals surface area (Å²) in [4.78, 5) is 23.0. The van der Waals surface area contributed by atoms with Crippen LogP contribution in [0.1, 0.15) is 26.4 Å². The zero-order chi connectivity index (χ0) is 15.7. The summed E-state index contributed by atoms with van der Waals surface area (Å²) in [6, 6.07) is 1.31. The highest BCUT2D eigenvalue weighted by Crippen LogP contribution is 2.26. The highest BCUT2D eigenvalue weighted by atomic mass is 35.5. The number of benzene rings is 1. The number of carbonyl (C=O) groups excluding carboxylic acids is 1. The van der Waals surface area contributed by atoms with E-state index in [0.717, 1.165) is 11.5 Å². The number of hydrogen-bond acceptors (Lipinski definition) is 4. The lowest BCUT2D eigenvalue weighted by atomic mass is 10.2. The fraction of sp³-hybridized carbons (Fsp3) is 0.0833. The van der Waals surface area contributed by atoms with Crippen LogP contribution in [0.25, 0.3) is 0 Å². The Labute approximate surface area is 126 Å². The molecule has 1 aromatic heterocycles. The summed E-state index contributed by atoms with van der Waals surface area (Å²) in [7, 11) is 0. The Hall–Kier alpha value is -2.06. The first-order valence-corrected chi connectivity index (χ1v) is 6.62. The Kier molecular flexibility index (Phi) is 4.19. The first kappa shape index (κ1) is 15.3. The van der Waals surface area contributed by atoms with Crippen LogP contribution >= 0.6 is 23.1 Å². The number of amides is 1. The SMILES string of the molecule is Cc1nsc(NC(=O)c2cc(F)c(Cl)cc2F)c1C(=O)O. The lowest BCUT2D eigenvalue weighted by molar-refractivity contribution is 0.0697. The van der Waals surface area contributed by atoms with Crippen molar-refractivity contribution in [2.24, 2.45) is 0 Å². The fourth-order valence-corrected chi connectivity index (χ4v) is 2.51. The van der Waals surface area contributed by atoms with Gasteiger partial charge >= 0.3 is 5.97 Å². The highest BCUT2D eigenvalue weighted by molar-refractivity contribution is 7.11. The van der Waals surface area contributed by atoms with Crippen LogP contribution in [0.2, 0.25) is 5.02 Å². The minimum atomic E-state index is -1.28. The van der Waals surface area contributed by atoms with E-state index < -0.39 is 34.1 Å². The molecule has 5 nitrogen and oxygen atoms in total. The second kappa shape index (κ2) is 5.74. The number of aromatic carboxylic acids is 1. The van der Waals surface area contributed by atoms with E-state index in [1.807, 2.05) is 0 Å². The van der Waals surface area contributed by atoms with Gasteiger partial charge in [0.1, 0.15) is 22.2 Å². The number of hydrogen-bond donors (Lipinski definition) is 2. The topological polar surface area (TPSA) is 79.3 Å². The molecule has 9 heteroatoms. The summed E-state index contributed by atoms with van der Waals surface area (Å²) < 4.78 is 30.7. The monoisotopic (exact) mass is 332 g/mol. The van der Waals surface area contributed by atoms with Crippen LogP contribution in [-0.2, 0) is 0 Å². The zero-order valence-corrected chi connectivity index (χ0v) is 12.0. The number of anilines is 1. The van der Waals surface area contributed by atoms with Gasteiger partial charge in [0, 0.05) is 0 Å². The Morgan fingerprint density at radius 2 is 2.00 bits per heavy atom. The van der Waals surface area contributed by atoms with Gasteiger partial charge in [0.05, 0.1) is 16.3 Å². The summed E-state index contributed by atoms with van der Waals surface area (Å²) in [6.45, 7) is 1.46. The van der Waals surface area contributed by atoms with Crippen molar-refractivity contribution in [1.29, 1.82) is 0 Å². The molecule has 2 N–H and O–H groups in total. The van der Waals surface area contributed by atoms with Crippen molar-refractivity contribution in [2.45, 2.75) is 6.92 Å². The Morgan fingerprint density at radius 3 is 2.62 bits per heavy atom. The third kappa shape index (κ3) is 3.01. The zero-order valence-electron chi connectivity index (χ0n) is 10.4. The molecule has 1 amide bonds. The first-order valence-electron chi connectivity index (χ1n) is 5.46. The van der Waals surface area contributed by atoms with Gasteiger partial charge in [-0.3, -0.25) is 4.79 Å². The number of carboxylic acid groups (broad SMARTS) is 1. The summed E-state index contributed by atoms with van der Waals surface area (Å²) in [5, 5.41) is 10.7. The van der Waals surface area contributed by atoms with Crippen LogP contribution in [0.15, 0.2) is 12.1 Å². The molecule has 1 aromatic carbocycles. The largest absolute Gasteiger partial charge is 0.478 e. The maximum absolute atomic E-state index is 13.6. The molecule has 0 unspecified atom stereocenters. The quantitative estimate of drug-likeness (QED) is 0.845. The van der Waals surface area contributed by atoms with Gasteiger partial charge in [-0.1, -0.05) is 11.6 Å². The van der Waals surface area contributed by atoms with Crippen LogP contribution in [0, 0.1) is 18.6 Å². The molecule has 21 heavy (non-hydrogen) atoms. The molecule has 0 atom stereocenters.